The molecule has 4 heteroatoms. The van der Waals surface area contributed by atoms with Crippen molar-refractivity contribution in [3.63, 3.8) is 0 Å². The Balaban J connectivity index is 3.34. The first-order chi connectivity index (χ1) is 6.60. The Labute approximate surface area is 80.9 Å². The second-order valence-electron chi connectivity index (χ2n) is 2.81. The quantitative estimate of drug-likeness (QED) is 0.664. The minimum atomic E-state index is -0.745. The molecule has 0 fully saturated rings. The lowest BCUT2D eigenvalue weighted by atomic mass is 10.1. The molecular weight excluding hydrogens is 188 g/mol. The van der Waals surface area contributed by atoms with Gasteiger partial charge >= 0.3 is 0 Å². The summed E-state index contributed by atoms with van der Waals surface area (Å²) in [6, 6.07) is 1.14. The number of rotatable bonds is 2. The van der Waals surface area contributed by atoms with E-state index in [0.29, 0.717) is 0 Å². The Bertz CT molecular complexity index is 384. The molecule has 1 aromatic carbocycles. The van der Waals surface area contributed by atoms with E-state index in [9.17, 15) is 8.78 Å². The minimum Gasteiger partial charge on any atom is -0.496 e. The fourth-order valence-corrected chi connectivity index (χ4v) is 1.20. The predicted octanol–water partition coefficient (Wildman–Crippen LogP) is 2.95. The molecule has 74 valence electrons. The molecule has 1 atom stereocenters. The highest BCUT2D eigenvalue weighted by Gasteiger charge is 2.21. The normalized spacial score (nSPS) is 11.9. The van der Waals surface area contributed by atoms with Gasteiger partial charge in [-0.1, -0.05) is 0 Å². The monoisotopic (exact) mass is 197 g/mol. The van der Waals surface area contributed by atoms with E-state index in [4.69, 9.17) is 11.3 Å². The van der Waals surface area contributed by atoms with E-state index in [1.54, 1.807) is 0 Å². The molecule has 0 aliphatic carbocycles. The highest BCUT2D eigenvalue weighted by molar-refractivity contribution is 5.38. The van der Waals surface area contributed by atoms with Crippen molar-refractivity contribution in [2.24, 2.45) is 0 Å². The Morgan fingerprint density at radius 3 is 2.57 bits per heavy atom. The fraction of sp³-hybridized carbons (Fsp3) is 0.300. The van der Waals surface area contributed by atoms with Gasteiger partial charge in [-0.05, 0) is 0 Å². The van der Waals surface area contributed by atoms with E-state index in [2.05, 4.69) is 4.85 Å². The third kappa shape index (κ3) is 1.82. The van der Waals surface area contributed by atoms with Crippen molar-refractivity contribution in [3.05, 3.63) is 40.7 Å². The molecule has 0 aromatic heterocycles. The number of benzene rings is 1. The maximum absolute atomic E-state index is 13.3. The first kappa shape index (κ1) is 10.5. The van der Waals surface area contributed by atoms with E-state index in [-0.39, 0.29) is 11.3 Å². The molecule has 14 heavy (non-hydrogen) atoms. The zero-order valence-corrected chi connectivity index (χ0v) is 7.84. The van der Waals surface area contributed by atoms with Crippen LogP contribution in [0.25, 0.3) is 4.85 Å². The van der Waals surface area contributed by atoms with Crippen LogP contribution < -0.4 is 4.74 Å². The molecule has 0 N–H and O–H groups in total. The van der Waals surface area contributed by atoms with E-state index in [1.807, 2.05) is 0 Å². The molecule has 0 radical (unpaired) electrons. The Kier molecular flexibility index (Phi) is 3.03. The zero-order chi connectivity index (χ0) is 10.7. The van der Waals surface area contributed by atoms with Crippen molar-refractivity contribution < 1.29 is 13.5 Å². The van der Waals surface area contributed by atoms with E-state index in [1.165, 1.54) is 14.0 Å². The number of hydrogen-bond acceptors (Lipinski definition) is 1. The maximum atomic E-state index is 13.3. The first-order valence-corrected chi connectivity index (χ1v) is 3.99. The van der Waals surface area contributed by atoms with Gasteiger partial charge < -0.3 is 9.58 Å². The summed E-state index contributed by atoms with van der Waals surface area (Å²) >= 11 is 0. The second kappa shape index (κ2) is 4.05. The minimum absolute atomic E-state index is 0.0750. The highest BCUT2D eigenvalue weighted by Crippen LogP contribution is 2.30. The first-order valence-electron chi connectivity index (χ1n) is 3.99. The lowest BCUT2D eigenvalue weighted by Gasteiger charge is -2.08. The van der Waals surface area contributed by atoms with Crippen LogP contribution in [0.2, 0.25) is 0 Å². The average molecular weight is 197 g/mol. The third-order valence-electron chi connectivity index (χ3n) is 1.89. The van der Waals surface area contributed by atoms with Crippen molar-refractivity contribution in [3.8, 4) is 5.75 Å². The summed E-state index contributed by atoms with van der Waals surface area (Å²) in [5, 5.41) is 0. The molecule has 0 saturated carbocycles. The van der Waals surface area contributed by atoms with Crippen molar-refractivity contribution >= 4 is 0 Å². The van der Waals surface area contributed by atoms with Crippen LogP contribution in [-0.2, 0) is 0 Å². The number of ether oxygens (including phenoxy) is 1. The van der Waals surface area contributed by atoms with Crippen molar-refractivity contribution in [1.82, 2.24) is 0 Å². The molecule has 0 saturated heterocycles. The van der Waals surface area contributed by atoms with Gasteiger partial charge in [0.05, 0.1) is 7.11 Å². The molecule has 1 aromatic rings. The molecule has 0 amide bonds. The second-order valence-corrected chi connectivity index (χ2v) is 2.81. The molecule has 0 aliphatic heterocycles. The molecular formula is C10H9F2NO. The van der Waals surface area contributed by atoms with Gasteiger partial charge in [0.1, 0.15) is 22.9 Å². The third-order valence-corrected chi connectivity index (χ3v) is 1.89. The summed E-state index contributed by atoms with van der Waals surface area (Å²) in [6.45, 7) is 8.31. The number of hydrogen-bond donors (Lipinski definition) is 0. The lowest BCUT2D eigenvalue weighted by molar-refractivity contribution is 0.398. The summed E-state index contributed by atoms with van der Waals surface area (Å²) in [5.41, 5.74) is 0.101. The summed E-state index contributed by atoms with van der Waals surface area (Å²) in [4.78, 5) is 3.17. The molecule has 1 rings (SSSR count). The van der Waals surface area contributed by atoms with Gasteiger partial charge in [-0.15, -0.1) is 0 Å². The fourth-order valence-electron chi connectivity index (χ4n) is 1.20. The molecule has 0 heterocycles. The van der Waals surface area contributed by atoms with E-state index < -0.39 is 17.7 Å². The largest absolute Gasteiger partial charge is 0.496 e. The van der Waals surface area contributed by atoms with Gasteiger partial charge in [0, 0.05) is 19.1 Å². The summed E-state index contributed by atoms with van der Waals surface area (Å²) in [6.07, 6.45) is 0. The number of nitrogens with zero attached hydrogens (tertiary/aromatic N) is 1. The van der Waals surface area contributed by atoms with Crippen LogP contribution in [0.5, 0.6) is 5.75 Å². The van der Waals surface area contributed by atoms with E-state index >= 15 is 0 Å². The van der Waals surface area contributed by atoms with Crippen molar-refractivity contribution in [2.45, 2.75) is 13.0 Å². The maximum Gasteiger partial charge on any atom is 0.252 e. The van der Waals surface area contributed by atoms with Crippen molar-refractivity contribution in [1.29, 1.82) is 0 Å². The molecule has 1 unspecified atom stereocenters. The molecule has 0 spiro atoms. The van der Waals surface area contributed by atoms with Crippen LogP contribution in [0.3, 0.4) is 0 Å². The van der Waals surface area contributed by atoms with Crippen LogP contribution in [0.1, 0.15) is 18.5 Å². The van der Waals surface area contributed by atoms with Gasteiger partial charge in [0.2, 0.25) is 0 Å². The number of methoxy groups -OCH3 is 1. The summed E-state index contributed by atoms with van der Waals surface area (Å²) in [7, 11) is 1.31. The molecule has 0 aliphatic rings. The summed E-state index contributed by atoms with van der Waals surface area (Å²) in [5.74, 6) is -1.38. The van der Waals surface area contributed by atoms with Gasteiger partial charge in [-0.2, -0.15) is 0 Å². The molecule has 0 bridgehead atoms. The zero-order valence-electron chi connectivity index (χ0n) is 7.84. The standard InChI is InChI=1S/C10H9F2NO/c1-6(13-2)10-8(12)4-7(11)5-9(10)14-3/h4-6H,1,3H3. The van der Waals surface area contributed by atoms with E-state index in [0.717, 1.165) is 12.1 Å². The highest BCUT2D eigenvalue weighted by atomic mass is 19.1. The summed E-state index contributed by atoms with van der Waals surface area (Å²) < 4.78 is 30.8. The topological polar surface area (TPSA) is 13.6 Å². The van der Waals surface area contributed by atoms with Crippen molar-refractivity contribution in [2.75, 3.05) is 7.11 Å². The van der Waals surface area contributed by atoms with Crippen LogP contribution in [0.15, 0.2) is 12.1 Å². The van der Waals surface area contributed by atoms with Gasteiger partial charge in [-0.3, -0.25) is 0 Å². The van der Waals surface area contributed by atoms with Gasteiger partial charge in [0.25, 0.3) is 6.04 Å². The smallest absolute Gasteiger partial charge is 0.252 e. The average Bonchev–Trinajstić information content (AvgIpc) is 2.15. The van der Waals surface area contributed by atoms with Gasteiger partial charge in [0.15, 0.2) is 0 Å². The van der Waals surface area contributed by atoms with Crippen LogP contribution in [0, 0.1) is 18.2 Å². The van der Waals surface area contributed by atoms with Gasteiger partial charge in [-0.25, -0.2) is 15.4 Å². The molecule has 2 nitrogen and oxygen atoms in total. The van der Waals surface area contributed by atoms with Crippen LogP contribution in [-0.4, -0.2) is 7.11 Å². The Morgan fingerprint density at radius 1 is 1.43 bits per heavy atom. The van der Waals surface area contributed by atoms with Crippen LogP contribution in [0.4, 0.5) is 8.78 Å². The Hall–Kier alpha value is -1.63. The number of halogens is 2. The van der Waals surface area contributed by atoms with Crippen LogP contribution >= 0.6 is 0 Å². The lowest BCUT2D eigenvalue weighted by Crippen LogP contribution is -1.99. The predicted molar refractivity (Wildman–Crippen MR) is 47.9 cm³/mol. The SMILES string of the molecule is [C-]#[N+]C(C)c1c(F)cc(F)cc1OC. The Morgan fingerprint density at radius 2 is 2.07 bits per heavy atom.